The minimum Gasteiger partial charge on any atom is -0.459 e. The number of aliphatic hydroxyl groups excluding tert-OH is 1. The molecule has 1 aromatic carbocycles. The topological polar surface area (TPSA) is 89.6 Å². The standard InChI is InChI=1S/C23H31NO4/c1-4-17(2)23(18(3)20(25)13-9-6-10-14-21(24)26)28-22(27)16-15-19-11-7-5-8-12-19/h5-12,14-18,20,23,25H,4,13H2,1-3H3,(H2,24,26)/b9-6+,14-10-,16-15+/t17-,18-,20-,23+/m0/s1. The molecular weight excluding hydrogens is 354 g/mol. The van der Waals surface area contributed by atoms with E-state index in [0.29, 0.717) is 6.42 Å². The summed E-state index contributed by atoms with van der Waals surface area (Å²) >= 11 is 0. The van der Waals surface area contributed by atoms with E-state index in [1.54, 1.807) is 18.2 Å². The Morgan fingerprint density at radius 3 is 2.43 bits per heavy atom. The Balaban J connectivity index is 2.71. The molecule has 0 saturated carbocycles. The number of rotatable bonds is 11. The first kappa shape index (κ1) is 23.4. The third-order valence-corrected chi connectivity index (χ3v) is 4.68. The first-order valence-electron chi connectivity index (χ1n) is 9.59. The Hall–Kier alpha value is -2.66. The van der Waals surface area contributed by atoms with Gasteiger partial charge in [0.05, 0.1) is 6.10 Å². The summed E-state index contributed by atoms with van der Waals surface area (Å²) in [6, 6.07) is 9.52. The Kier molecular flexibility index (Phi) is 10.6. The van der Waals surface area contributed by atoms with Gasteiger partial charge in [0, 0.05) is 18.1 Å². The number of amides is 1. The molecule has 3 N–H and O–H groups in total. The van der Waals surface area contributed by atoms with Crippen molar-refractivity contribution < 1.29 is 19.4 Å². The summed E-state index contributed by atoms with van der Waals surface area (Å²) in [5, 5.41) is 10.5. The highest BCUT2D eigenvalue weighted by Gasteiger charge is 2.30. The number of carbonyl (C=O) groups is 2. The fraction of sp³-hybridized carbons (Fsp3) is 0.391. The summed E-state index contributed by atoms with van der Waals surface area (Å²) in [5.74, 6) is -1.08. The zero-order valence-corrected chi connectivity index (χ0v) is 16.8. The minimum atomic E-state index is -0.678. The van der Waals surface area contributed by atoms with E-state index in [0.717, 1.165) is 12.0 Å². The van der Waals surface area contributed by atoms with Gasteiger partial charge in [-0.3, -0.25) is 4.79 Å². The van der Waals surface area contributed by atoms with Crippen molar-refractivity contribution in [2.24, 2.45) is 17.6 Å². The molecule has 28 heavy (non-hydrogen) atoms. The molecule has 152 valence electrons. The normalized spacial score (nSPS) is 16.3. The van der Waals surface area contributed by atoms with Crippen LogP contribution in [0.4, 0.5) is 0 Å². The van der Waals surface area contributed by atoms with E-state index >= 15 is 0 Å². The first-order chi connectivity index (χ1) is 13.3. The molecular formula is C23H31NO4. The SMILES string of the molecule is CC[C@H](C)[C@@H](OC(=O)/C=C/c1ccccc1)[C@@H](C)[C@@H](O)C/C=C/C=C\C(N)=O. The number of primary amides is 1. The molecule has 1 rings (SSSR count). The van der Waals surface area contributed by atoms with Crippen molar-refractivity contribution in [3.8, 4) is 0 Å². The van der Waals surface area contributed by atoms with Crippen molar-refractivity contribution in [1.82, 2.24) is 0 Å². The molecule has 0 aliphatic heterocycles. The van der Waals surface area contributed by atoms with Crippen LogP contribution in [0.25, 0.3) is 6.08 Å². The largest absolute Gasteiger partial charge is 0.459 e. The maximum Gasteiger partial charge on any atom is 0.331 e. The van der Waals surface area contributed by atoms with Gasteiger partial charge in [0.1, 0.15) is 6.10 Å². The van der Waals surface area contributed by atoms with Crippen LogP contribution in [0.15, 0.2) is 60.7 Å². The number of hydrogen-bond donors (Lipinski definition) is 2. The van der Waals surface area contributed by atoms with Gasteiger partial charge in [-0.1, -0.05) is 75.8 Å². The van der Waals surface area contributed by atoms with E-state index in [1.165, 1.54) is 18.2 Å². The summed E-state index contributed by atoms with van der Waals surface area (Å²) in [7, 11) is 0. The summed E-state index contributed by atoms with van der Waals surface area (Å²) in [6.45, 7) is 5.91. The summed E-state index contributed by atoms with van der Waals surface area (Å²) in [5.41, 5.74) is 5.93. The maximum absolute atomic E-state index is 12.3. The Labute approximate surface area is 167 Å². The molecule has 0 unspecified atom stereocenters. The number of benzene rings is 1. The van der Waals surface area contributed by atoms with Crippen LogP contribution in [0.1, 0.15) is 39.2 Å². The van der Waals surface area contributed by atoms with Crippen LogP contribution in [0.5, 0.6) is 0 Å². The van der Waals surface area contributed by atoms with Crippen LogP contribution >= 0.6 is 0 Å². The second-order valence-corrected chi connectivity index (χ2v) is 6.88. The number of aliphatic hydroxyl groups is 1. The van der Waals surface area contributed by atoms with Crippen LogP contribution in [-0.2, 0) is 14.3 Å². The first-order valence-corrected chi connectivity index (χ1v) is 9.59. The van der Waals surface area contributed by atoms with Crippen molar-refractivity contribution in [2.45, 2.75) is 45.8 Å². The van der Waals surface area contributed by atoms with Crippen molar-refractivity contribution >= 4 is 18.0 Å². The number of esters is 1. The van der Waals surface area contributed by atoms with Gasteiger partial charge in [-0.25, -0.2) is 4.79 Å². The predicted octanol–water partition coefficient (Wildman–Crippen LogP) is 3.64. The lowest BCUT2D eigenvalue weighted by Crippen LogP contribution is -2.37. The lowest BCUT2D eigenvalue weighted by atomic mass is 9.86. The maximum atomic E-state index is 12.3. The van der Waals surface area contributed by atoms with Crippen molar-refractivity contribution in [2.75, 3.05) is 0 Å². The molecule has 0 aromatic heterocycles. The van der Waals surface area contributed by atoms with E-state index in [4.69, 9.17) is 10.5 Å². The van der Waals surface area contributed by atoms with Gasteiger partial charge in [0.2, 0.25) is 5.91 Å². The molecule has 0 aliphatic carbocycles. The quantitative estimate of drug-likeness (QED) is 0.346. The zero-order valence-electron chi connectivity index (χ0n) is 16.8. The molecule has 5 nitrogen and oxygen atoms in total. The highest BCUT2D eigenvalue weighted by atomic mass is 16.5. The summed E-state index contributed by atoms with van der Waals surface area (Å²) in [6.07, 6.45) is 9.45. The van der Waals surface area contributed by atoms with Crippen LogP contribution in [0.3, 0.4) is 0 Å². The lowest BCUT2D eigenvalue weighted by molar-refractivity contribution is -0.151. The van der Waals surface area contributed by atoms with Gasteiger partial charge in [0.25, 0.3) is 0 Å². The predicted molar refractivity (Wildman–Crippen MR) is 112 cm³/mol. The molecule has 0 bridgehead atoms. The fourth-order valence-electron chi connectivity index (χ4n) is 2.76. The van der Waals surface area contributed by atoms with Crippen LogP contribution in [0, 0.1) is 11.8 Å². The Bertz CT molecular complexity index is 694. The second-order valence-electron chi connectivity index (χ2n) is 6.88. The fourth-order valence-corrected chi connectivity index (χ4v) is 2.76. The Morgan fingerprint density at radius 1 is 1.14 bits per heavy atom. The van der Waals surface area contributed by atoms with Gasteiger partial charge < -0.3 is 15.6 Å². The van der Waals surface area contributed by atoms with Crippen LogP contribution in [0.2, 0.25) is 0 Å². The van der Waals surface area contributed by atoms with Crippen LogP contribution in [-0.4, -0.2) is 29.2 Å². The second kappa shape index (κ2) is 12.7. The highest BCUT2D eigenvalue weighted by Crippen LogP contribution is 2.24. The highest BCUT2D eigenvalue weighted by molar-refractivity contribution is 5.87. The molecule has 0 saturated heterocycles. The smallest absolute Gasteiger partial charge is 0.331 e. The number of ether oxygens (including phenoxy) is 1. The molecule has 1 aromatic rings. The van der Waals surface area contributed by atoms with Gasteiger partial charge in [-0.15, -0.1) is 0 Å². The number of carbonyl (C=O) groups excluding carboxylic acids is 2. The number of hydrogen-bond acceptors (Lipinski definition) is 4. The average molecular weight is 386 g/mol. The van der Waals surface area contributed by atoms with E-state index in [-0.39, 0.29) is 11.8 Å². The van der Waals surface area contributed by atoms with Crippen molar-refractivity contribution in [3.63, 3.8) is 0 Å². The molecule has 1 amide bonds. The molecule has 0 radical (unpaired) electrons. The summed E-state index contributed by atoms with van der Waals surface area (Å²) in [4.78, 5) is 22.9. The number of nitrogens with two attached hydrogens (primary N) is 1. The van der Waals surface area contributed by atoms with E-state index in [1.807, 2.05) is 51.1 Å². The lowest BCUT2D eigenvalue weighted by Gasteiger charge is -2.31. The molecule has 0 aliphatic rings. The van der Waals surface area contributed by atoms with Crippen molar-refractivity contribution in [3.05, 3.63) is 66.3 Å². The third kappa shape index (κ3) is 8.82. The molecule has 4 atom stereocenters. The third-order valence-electron chi connectivity index (χ3n) is 4.68. The molecule has 5 heteroatoms. The van der Waals surface area contributed by atoms with E-state index < -0.39 is 24.1 Å². The van der Waals surface area contributed by atoms with Gasteiger partial charge >= 0.3 is 5.97 Å². The van der Waals surface area contributed by atoms with Gasteiger partial charge in [0.15, 0.2) is 0 Å². The van der Waals surface area contributed by atoms with E-state index in [9.17, 15) is 14.7 Å². The van der Waals surface area contributed by atoms with Crippen molar-refractivity contribution in [1.29, 1.82) is 0 Å². The average Bonchev–Trinajstić information content (AvgIpc) is 2.69. The Morgan fingerprint density at radius 2 is 1.82 bits per heavy atom. The van der Waals surface area contributed by atoms with Gasteiger partial charge in [-0.05, 0) is 24.0 Å². The number of allylic oxidation sites excluding steroid dienone is 2. The van der Waals surface area contributed by atoms with Crippen LogP contribution < -0.4 is 5.73 Å². The summed E-state index contributed by atoms with van der Waals surface area (Å²) < 4.78 is 5.68. The zero-order chi connectivity index (χ0) is 20.9. The molecule has 0 spiro atoms. The minimum absolute atomic E-state index is 0.109. The monoisotopic (exact) mass is 385 g/mol. The van der Waals surface area contributed by atoms with E-state index in [2.05, 4.69) is 0 Å². The van der Waals surface area contributed by atoms with Gasteiger partial charge in [-0.2, -0.15) is 0 Å². The molecule has 0 heterocycles. The molecule has 0 fully saturated rings.